The van der Waals surface area contributed by atoms with Crippen molar-refractivity contribution < 1.29 is 13.2 Å². The Bertz CT molecular complexity index is 459. The van der Waals surface area contributed by atoms with Gasteiger partial charge < -0.3 is 4.90 Å². The van der Waals surface area contributed by atoms with Crippen LogP contribution in [-0.2, 0) is 6.18 Å². The van der Waals surface area contributed by atoms with Crippen molar-refractivity contribution in [3.63, 3.8) is 0 Å². The third kappa shape index (κ3) is 3.73. The van der Waals surface area contributed by atoms with Gasteiger partial charge in [0.25, 0.3) is 0 Å². The van der Waals surface area contributed by atoms with Gasteiger partial charge in [0.2, 0.25) is 5.82 Å². The molecule has 0 amide bonds. The second kappa shape index (κ2) is 6.13. The predicted molar refractivity (Wildman–Crippen MR) is 71.0 cm³/mol. The van der Waals surface area contributed by atoms with Crippen LogP contribution in [0, 0.1) is 0 Å². The first kappa shape index (κ1) is 15.3. The highest BCUT2D eigenvalue weighted by atomic mass is 35.5. The van der Waals surface area contributed by atoms with Crippen molar-refractivity contribution in [2.75, 3.05) is 37.6 Å². The van der Waals surface area contributed by atoms with Gasteiger partial charge in [0, 0.05) is 32.2 Å². The van der Waals surface area contributed by atoms with Crippen LogP contribution in [0.3, 0.4) is 0 Å². The Morgan fingerprint density at radius 3 is 2.40 bits per heavy atom. The number of hydrogen-bond donors (Lipinski definition) is 0. The first-order valence-electron chi connectivity index (χ1n) is 6.49. The van der Waals surface area contributed by atoms with Gasteiger partial charge in [-0.25, -0.2) is 9.97 Å². The number of anilines is 1. The largest absolute Gasteiger partial charge is 0.451 e. The van der Waals surface area contributed by atoms with E-state index in [2.05, 4.69) is 21.8 Å². The molecule has 0 unspecified atom stereocenters. The van der Waals surface area contributed by atoms with Crippen LogP contribution >= 0.6 is 11.6 Å². The molecule has 1 aromatic rings. The number of nitrogens with zero attached hydrogens (tertiary/aromatic N) is 4. The fourth-order valence-electron chi connectivity index (χ4n) is 2.21. The standard InChI is InChI=1S/C12H16ClF3N4/c1-2-3-19-4-6-20(7-5-19)10-8-9(13)17-11(18-10)12(14,15)16/h8H,2-7H2,1H3. The molecule has 0 N–H and O–H groups in total. The third-order valence-electron chi connectivity index (χ3n) is 3.17. The molecule has 1 aliphatic rings. The summed E-state index contributed by atoms with van der Waals surface area (Å²) in [6.07, 6.45) is -3.51. The number of alkyl halides is 3. The van der Waals surface area contributed by atoms with Gasteiger partial charge in [0.15, 0.2) is 0 Å². The van der Waals surface area contributed by atoms with Crippen LogP contribution in [0.5, 0.6) is 0 Å². The minimum atomic E-state index is -4.58. The number of halogens is 4. The molecular formula is C12H16ClF3N4. The maximum Gasteiger partial charge on any atom is 0.451 e. The fraction of sp³-hybridized carbons (Fsp3) is 0.667. The zero-order chi connectivity index (χ0) is 14.8. The molecule has 4 nitrogen and oxygen atoms in total. The average Bonchev–Trinajstić information content (AvgIpc) is 2.38. The summed E-state index contributed by atoms with van der Waals surface area (Å²) in [5.74, 6) is -0.940. The molecule has 0 spiro atoms. The monoisotopic (exact) mass is 308 g/mol. The van der Waals surface area contributed by atoms with E-state index in [9.17, 15) is 13.2 Å². The van der Waals surface area contributed by atoms with Crippen LogP contribution in [0.1, 0.15) is 19.2 Å². The quantitative estimate of drug-likeness (QED) is 0.804. The average molecular weight is 309 g/mol. The highest BCUT2D eigenvalue weighted by Crippen LogP contribution is 2.29. The lowest BCUT2D eigenvalue weighted by atomic mass is 10.3. The van der Waals surface area contributed by atoms with Gasteiger partial charge in [-0.3, -0.25) is 4.90 Å². The second-order valence-electron chi connectivity index (χ2n) is 4.70. The summed E-state index contributed by atoms with van der Waals surface area (Å²) in [7, 11) is 0. The highest BCUT2D eigenvalue weighted by molar-refractivity contribution is 6.29. The molecule has 1 aliphatic heterocycles. The lowest BCUT2D eigenvalue weighted by molar-refractivity contribution is -0.144. The van der Waals surface area contributed by atoms with E-state index < -0.39 is 12.0 Å². The fourth-order valence-corrected chi connectivity index (χ4v) is 2.39. The Morgan fingerprint density at radius 1 is 1.20 bits per heavy atom. The number of aromatic nitrogens is 2. The Balaban J connectivity index is 2.12. The smallest absolute Gasteiger partial charge is 0.354 e. The molecule has 8 heteroatoms. The van der Waals surface area contributed by atoms with Crippen LogP contribution in [0.2, 0.25) is 5.15 Å². The van der Waals surface area contributed by atoms with E-state index in [0.29, 0.717) is 13.1 Å². The molecule has 2 rings (SSSR count). The first-order valence-corrected chi connectivity index (χ1v) is 6.87. The topological polar surface area (TPSA) is 32.3 Å². The summed E-state index contributed by atoms with van der Waals surface area (Å²) in [6, 6.07) is 1.38. The third-order valence-corrected chi connectivity index (χ3v) is 3.36. The van der Waals surface area contributed by atoms with Crippen LogP contribution < -0.4 is 4.90 Å². The van der Waals surface area contributed by atoms with Crippen LogP contribution in [0.4, 0.5) is 19.0 Å². The SMILES string of the molecule is CCCN1CCN(c2cc(Cl)nc(C(F)(F)F)n2)CC1. The van der Waals surface area contributed by atoms with E-state index in [1.54, 1.807) is 0 Å². The lowest BCUT2D eigenvalue weighted by Gasteiger charge is -2.35. The van der Waals surface area contributed by atoms with E-state index in [1.165, 1.54) is 6.07 Å². The van der Waals surface area contributed by atoms with Crippen molar-refractivity contribution in [3.05, 3.63) is 17.0 Å². The minimum Gasteiger partial charge on any atom is -0.354 e. The van der Waals surface area contributed by atoms with Gasteiger partial charge in [-0.15, -0.1) is 0 Å². The normalized spacial score (nSPS) is 17.6. The molecule has 1 saturated heterocycles. The van der Waals surface area contributed by atoms with Gasteiger partial charge in [-0.1, -0.05) is 18.5 Å². The van der Waals surface area contributed by atoms with Crippen molar-refractivity contribution in [1.82, 2.24) is 14.9 Å². The molecular weight excluding hydrogens is 293 g/mol. The van der Waals surface area contributed by atoms with Crippen molar-refractivity contribution in [3.8, 4) is 0 Å². The summed E-state index contributed by atoms with van der Waals surface area (Å²) in [5.41, 5.74) is 0. The molecule has 1 fully saturated rings. The molecule has 112 valence electrons. The zero-order valence-electron chi connectivity index (χ0n) is 11.1. The predicted octanol–water partition coefficient (Wildman–Crippen LogP) is 2.68. The number of rotatable bonds is 3. The van der Waals surface area contributed by atoms with Crippen molar-refractivity contribution in [2.45, 2.75) is 19.5 Å². The summed E-state index contributed by atoms with van der Waals surface area (Å²) >= 11 is 5.67. The highest BCUT2D eigenvalue weighted by Gasteiger charge is 2.36. The lowest BCUT2D eigenvalue weighted by Crippen LogP contribution is -2.47. The van der Waals surface area contributed by atoms with Gasteiger partial charge in [-0.05, 0) is 13.0 Å². The van der Waals surface area contributed by atoms with Gasteiger partial charge in [0.1, 0.15) is 11.0 Å². The number of piperazine rings is 1. The second-order valence-corrected chi connectivity index (χ2v) is 5.09. The van der Waals surface area contributed by atoms with Crippen molar-refractivity contribution in [1.29, 1.82) is 0 Å². The molecule has 0 aromatic carbocycles. The van der Waals surface area contributed by atoms with Crippen molar-refractivity contribution in [2.24, 2.45) is 0 Å². The minimum absolute atomic E-state index is 0.182. The first-order chi connectivity index (χ1) is 9.40. The molecule has 0 radical (unpaired) electrons. The summed E-state index contributed by atoms with van der Waals surface area (Å²) in [6.45, 7) is 6.03. The van der Waals surface area contributed by atoms with E-state index in [-0.39, 0.29) is 11.0 Å². The van der Waals surface area contributed by atoms with Crippen LogP contribution in [0.15, 0.2) is 6.07 Å². The maximum atomic E-state index is 12.7. The molecule has 0 bridgehead atoms. The summed E-state index contributed by atoms with van der Waals surface area (Å²) in [4.78, 5) is 10.9. The van der Waals surface area contributed by atoms with E-state index in [0.717, 1.165) is 26.1 Å². The van der Waals surface area contributed by atoms with Crippen LogP contribution in [0.25, 0.3) is 0 Å². The zero-order valence-corrected chi connectivity index (χ0v) is 11.9. The molecule has 2 heterocycles. The Hall–Kier alpha value is -1.08. The molecule has 0 atom stereocenters. The number of hydrogen-bond acceptors (Lipinski definition) is 4. The van der Waals surface area contributed by atoms with Gasteiger partial charge in [0.05, 0.1) is 0 Å². The molecule has 20 heavy (non-hydrogen) atoms. The Morgan fingerprint density at radius 2 is 1.85 bits per heavy atom. The van der Waals surface area contributed by atoms with E-state index in [4.69, 9.17) is 11.6 Å². The van der Waals surface area contributed by atoms with Crippen LogP contribution in [-0.4, -0.2) is 47.6 Å². The summed E-state index contributed by atoms with van der Waals surface area (Å²) in [5, 5.41) is -0.182. The Labute approximate surface area is 120 Å². The maximum absolute atomic E-state index is 12.7. The van der Waals surface area contributed by atoms with E-state index >= 15 is 0 Å². The molecule has 0 aliphatic carbocycles. The van der Waals surface area contributed by atoms with Gasteiger partial charge in [-0.2, -0.15) is 13.2 Å². The molecule has 0 saturated carbocycles. The van der Waals surface area contributed by atoms with Gasteiger partial charge >= 0.3 is 6.18 Å². The van der Waals surface area contributed by atoms with Crippen molar-refractivity contribution >= 4 is 17.4 Å². The summed E-state index contributed by atoms with van der Waals surface area (Å²) < 4.78 is 38.0. The Kier molecular flexibility index (Phi) is 4.70. The van der Waals surface area contributed by atoms with E-state index in [1.807, 2.05) is 4.90 Å². The molecule has 1 aromatic heterocycles.